The Balaban J connectivity index is 2.73. The summed E-state index contributed by atoms with van der Waals surface area (Å²) in [5.74, 6) is -1.34. The van der Waals surface area contributed by atoms with E-state index in [1.54, 1.807) is 6.92 Å². The summed E-state index contributed by atoms with van der Waals surface area (Å²) in [6, 6.07) is 1.02. The zero-order chi connectivity index (χ0) is 10.6. The molecule has 0 aromatic carbocycles. The molecule has 0 aliphatic rings. The predicted molar refractivity (Wildman–Crippen MR) is 47.4 cm³/mol. The molecule has 76 valence electrons. The summed E-state index contributed by atoms with van der Waals surface area (Å²) >= 11 is 0. The van der Waals surface area contributed by atoms with E-state index >= 15 is 0 Å². The number of hydrogen-bond donors (Lipinski definition) is 1. The summed E-state index contributed by atoms with van der Waals surface area (Å²) in [6.45, 7) is 1.97. The highest BCUT2D eigenvalue weighted by atomic mass is 19.1. The zero-order valence-corrected chi connectivity index (χ0v) is 7.67. The molecule has 1 aromatic heterocycles. The highest BCUT2D eigenvalue weighted by molar-refractivity contribution is 5.72. The molecule has 1 heterocycles. The second kappa shape index (κ2) is 4.55. The molecule has 1 rings (SSSR count). The van der Waals surface area contributed by atoms with E-state index < -0.39 is 17.3 Å². The number of ether oxygens (including phenoxy) is 1. The number of hydrogen-bond acceptors (Lipinski definition) is 3. The molecule has 0 saturated carbocycles. The van der Waals surface area contributed by atoms with Gasteiger partial charge in [0.2, 0.25) is 0 Å². The van der Waals surface area contributed by atoms with Crippen LogP contribution in [0.3, 0.4) is 0 Å². The largest absolute Gasteiger partial charge is 0.466 e. The maximum absolute atomic E-state index is 12.7. The highest BCUT2D eigenvalue weighted by Crippen LogP contribution is 1.99. The van der Waals surface area contributed by atoms with E-state index in [1.807, 2.05) is 0 Å². The SMILES string of the molecule is CCOC(=O)Cc1c[nH]c(=O)c(F)c1. The van der Waals surface area contributed by atoms with Gasteiger partial charge in [-0.05, 0) is 18.6 Å². The fourth-order valence-corrected chi connectivity index (χ4v) is 0.978. The summed E-state index contributed by atoms with van der Waals surface area (Å²) in [7, 11) is 0. The standard InChI is InChI=1S/C9H10FNO3/c1-2-14-8(12)4-6-3-7(10)9(13)11-5-6/h3,5H,2,4H2,1H3,(H,11,13). The molecule has 0 amide bonds. The molecule has 0 bridgehead atoms. The van der Waals surface area contributed by atoms with Crippen molar-refractivity contribution in [3.05, 3.63) is 34.0 Å². The van der Waals surface area contributed by atoms with Crippen LogP contribution in [0, 0.1) is 5.82 Å². The first-order valence-corrected chi connectivity index (χ1v) is 4.16. The van der Waals surface area contributed by atoms with Crippen LogP contribution in [-0.2, 0) is 16.0 Å². The average molecular weight is 199 g/mol. The van der Waals surface area contributed by atoms with Crippen LogP contribution in [0.15, 0.2) is 17.1 Å². The van der Waals surface area contributed by atoms with Gasteiger partial charge < -0.3 is 9.72 Å². The number of halogens is 1. The van der Waals surface area contributed by atoms with Crippen molar-refractivity contribution in [3.8, 4) is 0 Å². The first-order chi connectivity index (χ1) is 6.63. The third kappa shape index (κ3) is 2.69. The number of aromatic amines is 1. The van der Waals surface area contributed by atoms with Crippen LogP contribution in [0.2, 0.25) is 0 Å². The lowest BCUT2D eigenvalue weighted by molar-refractivity contribution is -0.142. The van der Waals surface area contributed by atoms with Crippen LogP contribution < -0.4 is 5.56 Å². The first kappa shape index (κ1) is 10.4. The molecule has 0 spiro atoms. The highest BCUT2D eigenvalue weighted by Gasteiger charge is 2.06. The molecule has 0 aliphatic heterocycles. The maximum Gasteiger partial charge on any atom is 0.310 e. The van der Waals surface area contributed by atoms with Crippen LogP contribution in [-0.4, -0.2) is 17.6 Å². The first-order valence-electron chi connectivity index (χ1n) is 4.16. The normalized spacial score (nSPS) is 9.86. The molecule has 0 aliphatic carbocycles. The van der Waals surface area contributed by atoms with Crippen molar-refractivity contribution in [2.45, 2.75) is 13.3 Å². The molecule has 0 saturated heterocycles. The van der Waals surface area contributed by atoms with Gasteiger partial charge in [0.05, 0.1) is 13.0 Å². The van der Waals surface area contributed by atoms with E-state index in [1.165, 1.54) is 6.20 Å². The molecule has 14 heavy (non-hydrogen) atoms. The topological polar surface area (TPSA) is 59.2 Å². The quantitative estimate of drug-likeness (QED) is 0.726. The molecule has 4 nitrogen and oxygen atoms in total. The number of carbonyl (C=O) groups excluding carboxylic acids is 1. The van der Waals surface area contributed by atoms with Crippen molar-refractivity contribution in [1.82, 2.24) is 4.98 Å². The Bertz CT molecular complexity index is 386. The van der Waals surface area contributed by atoms with Crippen molar-refractivity contribution in [1.29, 1.82) is 0 Å². The summed E-state index contributed by atoms with van der Waals surface area (Å²) in [5, 5.41) is 0. The molecule has 0 atom stereocenters. The second-order valence-corrected chi connectivity index (χ2v) is 2.67. The maximum atomic E-state index is 12.7. The van der Waals surface area contributed by atoms with E-state index in [9.17, 15) is 14.0 Å². The zero-order valence-electron chi connectivity index (χ0n) is 7.67. The van der Waals surface area contributed by atoms with Gasteiger partial charge in [-0.3, -0.25) is 9.59 Å². The van der Waals surface area contributed by atoms with Crippen molar-refractivity contribution < 1.29 is 13.9 Å². The van der Waals surface area contributed by atoms with Gasteiger partial charge in [0.25, 0.3) is 5.56 Å². The summed E-state index contributed by atoms with van der Waals surface area (Å²) in [5.41, 5.74) is -0.404. The lowest BCUT2D eigenvalue weighted by Crippen LogP contribution is -2.13. The van der Waals surface area contributed by atoms with E-state index in [-0.39, 0.29) is 13.0 Å². The predicted octanol–water partition coefficient (Wildman–Crippen LogP) is 0.620. The van der Waals surface area contributed by atoms with Gasteiger partial charge in [0.1, 0.15) is 0 Å². The lowest BCUT2D eigenvalue weighted by Gasteiger charge is -2.01. The van der Waals surface area contributed by atoms with Gasteiger partial charge in [-0.2, -0.15) is 0 Å². The van der Waals surface area contributed by atoms with Crippen LogP contribution in [0.25, 0.3) is 0 Å². The summed E-state index contributed by atoms with van der Waals surface area (Å²) < 4.78 is 17.4. The Labute approximate surface area is 79.7 Å². The van der Waals surface area contributed by atoms with E-state index in [0.717, 1.165) is 6.07 Å². The number of pyridine rings is 1. The summed E-state index contributed by atoms with van der Waals surface area (Å²) in [4.78, 5) is 23.8. The molecule has 0 unspecified atom stereocenters. The molecule has 1 N–H and O–H groups in total. The second-order valence-electron chi connectivity index (χ2n) is 2.67. The average Bonchev–Trinajstić information content (AvgIpc) is 2.12. The number of esters is 1. The lowest BCUT2D eigenvalue weighted by atomic mass is 10.2. The van der Waals surface area contributed by atoms with Crippen molar-refractivity contribution >= 4 is 5.97 Å². The minimum atomic E-state index is -0.896. The Hall–Kier alpha value is -1.65. The van der Waals surface area contributed by atoms with Gasteiger partial charge in [0.15, 0.2) is 5.82 Å². The van der Waals surface area contributed by atoms with Crippen molar-refractivity contribution in [2.24, 2.45) is 0 Å². The third-order valence-electron chi connectivity index (χ3n) is 1.57. The van der Waals surface area contributed by atoms with E-state index in [4.69, 9.17) is 0 Å². The number of rotatable bonds is 3. The minimum Gasteiger partial charge on any atom is -0.466 e. The molecule has 1 aromatic rings. The number of carbonyl (C=O) groups is 1. The number of H-pyrrole nitrogens is 1. The fraction of sp³-hybridized carbons (Fsp3) is 0.333. The van der Waals surface area contributed by atoms with Crippen LogP contribution in [0.4, 0.5) is 4.39 Å². The Morgan fingerprint density at radius 2 is 2.36 bits per heavy atom. The fourth-order valence-electron chi connectivity index (χ4n) is 0.978. The van der Waals surface area contributed by atoms with Gasteiger partial charge in [0, 0.05) is 6.20 Å². The van der Waals surface area contributed by atoms with Gasteiger partial charge in [-0.15, -0.1) is 0 Å². The van der Waals surface area contributed by atoms with E-state index in [0.29, 0.717) is 5.56 Å². The molecular formula is C9H10FNO3. The Morgan fingerprint density at radius 3 is 2.93 bits per heavy atom. The van der Waals surface area contributed by atoms with Crippen molar-refractivity contribution in [3.63, 3.8) is 0 Å². The van der Waals surface area contributed by atoms with Crippen LogP contribution >= 0.6 is 0 Å². The number of nitrogens with one attached hydrogen (secondary N) is 1. The van der Waals surface area contributed by atoms with E-state index in [2.05, 4.69) is 9.72 Å². The molecular weight excluding hydrogens is 189 g/mol. The van der Waals surface area contributed by atoms with Crippen molar-refractivity contribution in [2.75, 3.05) is 6.61 Å². The smallest absolute Gasteiger partial charge is 0.310 e. The molecule has 5 heteroatoms. The number of aromatic nitrogens is 1. The van der Waals surface area contributed by atoms with Crippen LogP contribution in [0.1, 0.15) is 12.5 Å². The minimum absolute atomic E-state index is 0.0401. The van der Waals surface area contributed by atoms with Gasteiger partial charge in [-0.1, -0.05) is 0 Å². The van der Waals surface area contributed by atoms with Gasteiger partial charge in [-0.25, -0.2) is 4.39 Å². The molecule has 0 radical (unpaired) electrons. The summed E-state index contributed by atoms with van der Waals surface area (Å²) in [6.07, 6.45) is 1.25. The van der Waals surface area contributed by atoms with Crippen LogP contribution in [0.5, 0.6) is 0 Å². The third-order valence-corrected chi connectivity index (χ3v) is 1.57. The molecule has 0 fully saturated rings. The monoisotopic (exact) mass is 199 g/mol. The Morgan fingerprint density at radius 1 is 1.64 bits per heavy atom. The van der Waals surface area contributed by atoms with Gasteiger partial charge >= 0.3 is 5.97 Å². The Kier molecular flexibility index (Phi) is 3.39.